The van der Waals surface area contributed by atoms with Gasteiger partial charge in [-0.3, -0.25) is 9.09 Å². The Balaban J connectivity index is 1.32. The summed E-state index contributed by atoms with van der Waals surface area (Å²) in [7, 11) is 0. The third-order valence-electron chi connectivity index (χ3n) is 6.58. The topological polar surface area (TPSA) is 74.7 Å². The fraction of sp³-hybridized carbons (Fsp3) is 0.652. The highest BCUT2D eigenvalue weighted by Gasteiger charge is 2.26. The summed E-state index contributed by atoms with van der Waals surface area (Å²) >= 11 is 0. The summed E-state index contributed by atoms with van der Waals surface area (Å²) < 4.78 is 6.32. The molecule has 2 atom stereocenters. The molecule has 0 aliphatic carbocycles. The van der Waals surface area contributed by atoms with Crippen LogP contribution >= 0.6 is 0 Å². The summed E-state index contributed by atoms with van der Waals surface area (Å²) in [5.41, 5.74) is 0.810. The van der Waals surface area contributed by atoms with Crippen molar-refractivity contribution >= 4 is 0 Å². The first-order valence-corrected chi connectivity index (χ1v) is 11.3. The Hall–Kier alpha value is -1.96. The summed E-state index contributed by atoms with van der Waals surface area (Å²) in [4.78, 5) is 17.1. The van der Waals surface area contributed by atoms with E-state index in [0.29, 0.717) is 18.3 Å². The standard InChI is InChI=1S/C23H34N4O3/c1-18-9-12-25(13-10-18)14-19-6-5-11-26(15-19)16-21(28)17-27-22(24-30-23(27)29)20-7-3-2-4-8-20/h2-4,7-8,18-19,21,28H,5-6,9-17H2,1H3. The Bertz CT molecular complexity index is 842. The van der Waals surface area contributed by atoms with E-state index >= 15 is 0 Å². The van der Waals surface area contributed by atoms with E-state index in [4.69, 9.17) is 4.52 Å². The van der Waals surface area contributed by atoms with E-state index in [0.717, 1.165) is 24.6 Å². The van der Waals surface area contributed by atoms with Gasteiger partial charge >= 0.3 is 5.76 Å². The number of aliphatic hydroxyl groups is 1. The number of hydrogen-bond acceptors (Lipinski definition) is 6. The second-order valence-electron chi connectivity index (χ2n) is 9.15. The monoisotopic (exact) mass is 414 g/mol. The van der Waals surface area contributed by atoms with Gasteiger partial charge in [0.1, 0.15) is 0 Å². The van der Waals surface area contributed by atoms with Gasteiger partial charge in [-0.2, -0.15) is 0 Å². The molecule has 30 heavy (non-hydrogen) atoms. The molecule has 2 aromatic rings. The molecule has 0 saturated carbocycles. The first kappa shape index (κ1) is 21.3. The third kappa shape index (κ3) is 5.39. The van der Waals surface area contributed by atoms with Crippen molar-refractivity contribution < 1.29 is 9.63 Å². The van der Waals surface area contributed by atoms with Gasteiger partial charge in [0.15, 0.2) is 5.82 Å². The van der Waals surface area contributed by atoms with E-state index in [9.17, 15) is 9.90 Å². The fourth-order valence-electron chi connectivity index (χ4n) is 4.87. The third-order valence-corrected chi connectivity index (χ3v) is 6.58. The minimum atomic E-state index is -0.640. The Morgan fingerprint density at radius 3 is 2.63 bits per heavy atom. The average molecular weight is 415 g/mol. The normalized spacial score (nSPS) is 22.9. The maximum atomic E-state index is 12.1. The van der Waals surface area contributed by atoms with Crippen LogP contribution in [0.2, 0.25) is 0 Å². The molecular formula is C23H34N4O3. The van der Waals surface area contributed by atoms with Crippen LogP contribution in [0.5, 0.6) is 0 Å². The van der Waals surface area contributed by atoms with Gasteiger partial charge in [-0.25, -0.2) is 4.79 Å². The lowest BCUT2D eigenvalue weighted by Crippen LogP contribution is -2.46. The van der Waals surface area contributed by atoms with Crippen molar-refractivity contribution in [2.75, 3.05) is 39.3 Å². The first-order chi connectivity index (χ1) is 14.6. The van der Waals surface area contributed by atoms with Crippen molar-refractivity contribution in [2.24, 2.45) is 11.8 Å². The van der Waals surface area contributed by atoms with Gasteiger partial charge in [0.2, 0.25) is 0 Å². The van der Waals surface area contributed by atoms with Crippen molar-refractivity contribution in [3.8, 4) is 11.4 Å². The Kier molecular flexibility index (Phi) is 7.02. The van der Waals surface area contributed by atoms with Crippen LogP contribution in [0.4, 0.5) is 0 Å². The number of rotatable bonds is 7. The number of hydrogen-bond donors (Lipinski definition) is 1. The molecule has 2 saturated heterocycles. The number of benzene rings is 1. The smallest absolute Gasteiger partial charge is 0.390 e. The molecule has 0 spiro atoms. The predicted octanol–water partition coefficient (Wildman–Crippen LogP) is 2.31. The molecule has 2 unspecified atom stereocenters. The molecule has 4 rings (SSSR count). The SMILES string of the molecule is CC1CCN(CC2CCCN(CC(O)Cn3c(-c4ccccc4)noc3=O)C2)CC1. The Labute approximate surface area is 178 Å². The maximum absolute atomic E-state index is 12.1. The quantitative estimate of drug-likeness (QED) is 0.749. The molecule has 2 fully saturated rings. The lowest BCUT2D eigenvalue weighted by atomic mass is 9.94. The number of aromatic nitrogens is 2. The minimum absolute atomic E-state index is 0.192. The largest absolute Gasteiger partial charge is 0.441 e. The van der Waals surface area contributed by atoms with Gasteiger partial charge in [-0.1, -0.05) is 42.4 Å². The molecule has 0 amide bonds. The van der Waals surface area contributed by atoms with Crippen LogP contribution in [-0.2, 0) is 6.54 Å². The first-order valence-electron chi connectivity index (χ1n) is 11.3. The molecule has 0 radical (unpaired) electrons. The molecule has 7 heteroatoms. The van der Waals surface area contributed by atoms with Crippen LogP contribution in [0.15, 0.2) is 39.6 Å². The van der Waals surface area contributed by atoms with E-state index in [1.807, 2.05) is 30.3 Å². The molecule has 1 N–H and O–H groups in total. The number of likely N-dealkylation sites (tertiary alicyclic amines) is 2. The zero-order valence-corrected chi connectivity index (χ0v) is 17.9. The van der Waals surface area contributed by atoms with Crippen LogP contribution in [0, 0.1) is 11.8 Å². The maximum Gasteiger partial charge on any atom is 0.441 e. The van der Waals surface area contributed by atoms with Gasteiger partial charge < -0.3 is 14.9 Å². The Morgan fingerprint density at radius 1 is 1.10 bits per heavy atom. The van der Waals surface area contributed by atoms with Crippen LogP contribution in [0.1, 0.15) is 32.6 Å². The van der Waals surface area contributed by atoms with Gasteiger partial charge in [-0.05, 0) is 57.2 Å². The number of β-amino-alcohol motifs (C(OH)–C–C–N with tert-alkyl or cyclic N) is 1. The molecule has 1 aromatic heterocycles. The van der Waals surface area contributed by atoms with Gasteiger partial charge in [-0.15, -0.1) is 0 Å². The minimum Gasteiger partial charge on any atom is -0.390 e. The summed E-state index contributed by atoms with van der Waals surface area (Å²) in [6, 6.07) is 9.48. The molecule has 7 nitrogen and oxygen atoms in total. The second kappa shape index (κ2) is 9.90. The summed E-state index contributed by atoms with van der Waals surface area (Å²) in [5.74, 6) is 1.47. The number of piperidine rings is 2. The van der Waals surface area contributed by atoms with Crippen molar-refractivity contribution in [1.29, 1.82) is 0 Å². The van der Waals surface area contributed by atoms with E-state index < -0.39 is 11.9 Å². The van der Waals surface area contributed by atoms with Gasteiger partial charge in [0.25, 0.3) is 0 Å². The molecule has 1 aromatic carbocycles. The summed E-state index contributed by atoms with van der Waals surface area (Å²) in [5, 5.41) is 14.6. The Morgan fingerprint density at radius 2 is 1.87 bits per heavy atom. The molecular weight excluding hydrogens is 380 g/mol. The van der Waals surface area contributed by atoms with Crippen molar-refractivity contribution in [3.05, 3.63) is 40.9 Å². The zero-order chi connectivity index (χ0) is 20.9. The highest BCUT2D eigenvalue weighted by molar-refractivity contribution is 5.54. The lowest BCUT2D eigenvalue weighted by Gasteiger charge is -2.38. The summed E-state index contributed by atoms with van der Waals surface area (Å²) in [6.07, 6.45) is 4.42. The van der Waals surface area contributed by atoms with Crippen molar-refractivity contribution in [3.63, 3.8) is 0 Å². The molecule has 164 valence electrons. The van der Waals surface area contributed by atoms with Crippen molar-refractivity contribution in [2.45, 2.75) is 45.3 Å². The van der Waals surface area contributed by atoms with E-state index in [1.54, 1.807) is 0 Å². The second-order valence-corrected chi connectivity index (χ2v) is 9.15. The molecule has 0 bridgehead atoms. The number of aliphatic hydroxyl groups excluding tert-OH is 1. The van der Waals surface area contributed by atoms with Crippen LogP contribution < -0.4 is 5.76 Å². The summed E-state index contributed by atoms with van der Waals surface area (Å²) in [6.45, 7) is 8.75. The van der Waals surface area contributed by atoms with Crippen LogP contribution in [0.3, 0.4) is 0 Å². The van der Waals surface area contributed by atoms with Crippen LogP contribution in [-0.4, -0.2) is 70.0 Å². The average Bonchev–Trinajstić information content (AvgIpc) is 3.11. The van der Waals surface area contributed by atoms with E-state index in [1.165, 1.54) is 49.9 Å². The van der Waals surface area contributed by atoms with Crippen LogP contribution in [0.25, 0.3) is 11.4 Å². The zero-order valence-electron chi connectivity index (χ0n) is 17.9. The lowest BCUT2D eigenvalue weighted by molar-refractivity contribution is 0.0603. The van der Waals surface area contributed by atoms with Gasteiger partial charge in [0, 0.05) is 25.2 Å². The van der Waals surface area contributed by atoms with Gasteiger partial charge in [0.05, 0.1) is 12.6 Å². The highest BCUT2D eigenvalue weighted by atomic mass is 16.5. The molecule has 2 aliphatic heterocycles. The number of nitrogens with zero attached hydrogens (tertiary/aromatic N) is 4. The highest BCUT2D eigenvalue weighted by Crippen LogP contribution is 2.22. The van der Waals surface area contributed by atoms with E-state index in [2.05, 4.69) is 21.9 Å². The molecule has 2 aliphatic rings. The van der Waals surface area contributed by atoms with E-state index in [-0.39, 0.29) is 6.54 Å². The van der Waals surface area contributed by atoms with Crippen molar-refractivity contribution in [1.82, 2.24) is 19.5 Å². The molecule has 3 heterocycles. The fourth-order valence-corrected chi connectivity index (χ4v) is 4.87. The predicted molar refractivity (Wildman–Crippen MR) is 116 cm³/mol.